The molecule has 23 heavy (non-hydrogen) atoms. The van der Waals surface area contributed by atoms with Crippen LogP contribution in [-0.2, 0) is 16.1 Å². The van der Waals surface area contributed by atoms with Crippen LogP contribution >= 0.6 is 0 Å². The number of nitrogens with one attached hydrogen (secondary N) is 1. The van der Waals surface area contributed by atoms with E-state index in [0.29, 0.717) is 31.8 Å². The summed E-state index contributed by atoms with van der Waals surface area (Å²) in [6.45, 7) is 9.35. The van der Waals surface area contributed by atoms with Crippen molar-refractivity contribution in [3.63, 3.8) is 0 Å². The molecule has 4 nitrogen and oxygen atoms in total. The van der Waals surface area contributed by atoms with E-state index in [1.54, 1.807) is 4.90 Å². The second kappa shape index (κ2) is 7.16. The van der Waals surface area contributed by atoms with Crippen molar-refractivity contribution in [1.82, 2.24) is 10.2 Å². The van der Waals surface area contributed by atoms with Crippen molar-refractivity contribution in [1.29, 1.82) is 0 Å². The molecule has 0 saturated carbocycles. The van der Waals surface area contributed by atoms with Gasteiger partial charge in [0.2, 0.25) is 11.8 Å². The molecule has 1 saturated heterocycles. The number of carbonyl (C=O) groups is 2. The predicted octanol–water partition coefficient (Wildman–Crippen LogP) is 3.04. The van der Waals surface area contributed by atoms with Crippen LogP contribution < -0.4 is 5.32 Å². The molecule has 1 aliphatic rings. The number of likely N-dealkylation sites (tertiary alicyclic amines) is 1. The van der Waals surface area contributed by atoms with Gasteiger partial charge in [-0.05, 0) is 38.2 Å². The maximum absolute atomic E-state index is 12.6. The largest absolute Gasteiger partial charge is 0.354 e. The zero-order chi connectivity index (χ0) is 17.0. The summed E-state index contributed by atoms with van der Waals surface area (Å²) in [5, 5.41) is 3.01. The van der Waals surface area contributed by atoms with Gasteiger partial charge in [0, 0.05) is 19.5 Å². The number of rotatable bonds is 6. The van der Waals surface area contributed by atoms with Crippen LogP contribution in [0.15, 0.2) is 24.3 Å². The minimum Gasteiger partial charge on any atom is -0.354 e. The third-order valence-electron chi connectivity index (χ3n) is 4.68. The lowest BCUT2D eigenvalue weighted by molar-refractivity contribution is -0.141. The molecule has 0 aliphatic carbocycles. The van der Waals surface area contributed by atoms with Crippen LogP contribution in [0.5, 0.6) is 0 Å². The van der Waals surface area contributed by atoms with Gasteiger partial charge in [0.1, 0.15) is 5.54 Å². The minimum atomic E-state index is -0.737. The van der Waals surface area contributed by atoms with E-state index in [4.69, 9.17) is 0 Å². The second-order valence-corrected chi connectivity index (χ2v) is 7.18. The Kier molecular flexibility index (Phi) is 5.45. The molecule has 4 heteroatoms. The highest BCUT2D eigenvalue weighted by Crippen LogP contribution is 2.32. The van der Waals surface area contributed by atoms with Crippen molar-refractivity contribution < 1.29 is 9.59 Å². The van der Waals surface area contributed by atoms with Crippen molar-refractivity contribution in [2.45, 2.75) is 59.0 Å². The molecule has 1 N–H and O–H groups in total. The van der Waals surface area contributed by atoms with Crippen LogP contribution in [0.3, 0.4) is 0 Å². The normalized spacial score (nSPS) is 21.1. The summed E-state index contributed by atoms with van der Waals surface area (Å²) in [6, 6.07) is 8.13. The predicted molar refractivity (Wildman–Crippen MR) is 91.8 cm³/mol. The Morgan fingerprint density at radius 2 is 1.96 bits per heavy atom. The van der Waals surface area contributed by atoms with E-state index in [9.17, 15) is 9.59 Å². The molecule has 1 fully saturated rings. The van der Waals surface area contributed by atoms with E-state index >= 15 is 0 Å². The monoisotopic (exact) mass is 316 g/mol. The summed E-state index contributed by atoms with van der Waals surface area (Å²) >= 11 is 0. The van der Waals surface area contributed by atoms with Gasteiger partial charge in [0.25, 0.3) is 0 Å². The Morgan fingerprint density at radius 1 is 1.30 bits per heavy atom. The van der Waals surface area contributed by atoms with Crippen LogP contribution in [0.1, 0.15) is 51.2 Å². The number of amides is 2. The van der Waals surface area contributed by atoms with Crippen molar-refractivity contribution >= 4 is 11.8 Å². The maximum Gasteiger partial charge on any atom is 0.245 e. The highest BCUT2D eigenvalue weighted by molar-refractivity contribution is 5.94. The lowest BCUT2D eigenvalue weighted by Crippen LogP contribution is -2.54. The van der Waals surface area contributed by atoms with Crippen molar-refractivity contribution in [3.8, 4) is 0 Å². The van der Waals surface area contributed by atoms with E-state index in [1.807, 2.05) is 38.1 Å². The third kappa shape index (κ3) is 4.12. The summed E-state index contributed by atoms with van der Waals surface area (Å²) in [5.41, 5.74) is 1.52. The third-order valence-corrected chi connectivity index (χ3v) is 4.68. The molecule has 0 radical (unpaired) electrons. The summed E-state index contributed by atoms with van der Waals surface area (Å²) < 4.78 is 0. The SMILES string of the molecule is Cc1ccc(CN2C(=O)CCC2(C)C(=O)NCCC(C)C)cc1. The first-order chi connectivity index (χ1) is 10.8. The first-order valence-corrected chi connectivity index (χ1v) is 8.47. The van der Waals surface area contributed by atoms with Crippen molar-refractivity contribution in [2.75, 3.05) is 6.54 Å². The maximum atomic E-state index is 12.6. The van der Waals surface area contributed by atoms with Crippen LogP contribution in [0.4, 0.5) is 0 Å². The zero-order valence-electron chi connectivity index (χ0n) is 14.7. The van der Waals surface area contributed by atoms with Crippen LogP contribution in [0.25, 0.3) is 0 Å². The molecule has 1 unspecified atom stereocenters. The van der Waals surface area contributed by atoms with Gasteiger partial charge in [-0.3, -0.25) is 9.59 Å². The molecule has 1 heterocycles. The number of hydrogen-bond acceptors (Lipinski definition) is 2. The highest BCUT2D eigenvalue weighted by atomic mass is 16.2. The number of hydrogen-bond donors (Lipinski definition) is 1. The molecule has 1 aromatic carbocycles. The summed E-state index contributed by atoms with van der Waals surface area (Å²) in [5.74, 6) is 0.583. The van der Waals surface area contributed by atoms with Crippen LogP contribution in [0, 0.1) is 12.8 Å². The molecule has 2 rings (SSSR count). The van der Waals surface area contributed by atoms with E-state index in [1.165, 1.54) is 5.56 Å². The fourth-order valence-electron chi connectivity index (χ4n) is 2.94. The standard InChI is InChI=1S/C19H28N2O2/c1-14(2)10-12-20-18(23)19(4)11-9-17(22)21(19)13-16-7-5-15(3)6-8-16/h5-8,14H,9-13H2,1-4H3,(H,20,23). The first kappa shape index (κ1) is 17.5. The average molecular weight is 316 g/mol. The molecular weight excluding hydrogens is 288 g/mol. The van der Waals surface area contributed by atoms with E-state index in [0.717, 1.165) is 12.0 Å². The highest BCUT2D eigenvalue weighted by Gasteiger charge is 2.46. The Balaban J connectivity index is 2.07. The zero-order valence-corrected chi connectivity index (χ0v) is 14.7. The Labute approximate surface area is 139 Å². The quantitative estimate of drug-likeness (QED) is 0.877. The van der Waals surface area contributed by atoms with E-state index < -0.39 is 5.54 Å². The Hall–Kier alpha value is -1.84. The van der Waals surface area contributed by atoms with Gasteiger partial charge < -0.3 is 10.2 Å². The lowest BCUT2D eigenvalue weighted by Gasteiger charge is -2.34. The van der Waals surface area contributed by atoms with Crippen LogP contribution in [-0.4, -0.2) is 28.8 Å². The van der Waals surface area contributed by atoms with Gasteiger partial charge in [0.05, 0.1) is 0 Å². The topological polar surface area (TPSA) is 49.4 Å². The summed E-state index contributed by atoms with van der Waals surface area (Å²) in [4.78, 5) is 26.7. The molecular formula is C19H28N2O2. The van der Waals surface area contributed by atoms with Gasteiger partial charge in [0.15, 0.2) is 0 Å². The second-order valence-electron chi connectivity index (χ2n) is 7.18. The number of aryl methyl sites for hydroxylation is 1. The summed E-state index contributed by atoms with van der Waals surface area (Å²) in [7, 11) is 0. The van der Waals surface area contributed by atoms with Crippen molar-refractivity contribution in [3.05, 3.63) is 35.4 Å². The Bertz CT molecular complexity index is 565. The summed E-state index contributed by atoms with van der Waals surface area (Å²) in [6.07, 6.45) is 1.99. The first-order valence-electron chi connectivity index (χ1n) is 8.47. The fraction of sp³-hybridized carbons (Fsp3) is 0.579. The molecule has 0 aromatic heterocycles. The Morgan fingerprint density at radius 3 is 2.57 bits per heavy atom. The molecule has 1 aromatic rings. The molecule has 1 atom stereocenters. The van der Waals surface area contributed by atoms with Gasteiger partial charge in [-0.15, -0.1) is 0 Å². The van der Waals surface area contributed by atoms with Gasteiger partial charge in [-0.2, -0.15) is 0 Å². The van der Waals surface area contributed by atoms with E-state index in [2.05, 4.69) is 19.2 Å². The number of benzene rings is 1. The van der Waals surface area contributed by atoms with Crippen molar-refractivity contribution in [2.24, 2.45) is 5.92 Å². The molecule has 2 amide bonds. The number of nitrogens with zero attached hydrogens (tertiary/aromatic N) is 1. The van der Waals surface area contributed by atoms with Gasteiger partial charge in [-0.25, -0.2) is 0 Å². The van der Waals surface area contributed by atoms with Gasteiger partial charge >= 0.3 is 0 Å². The molecule has 0 bridgehead atoms. The van der Waals surface area contributed by atoms with Crippen LogP contribution in [0.2, 0.25) is 0 Å². The smallest absolute Gasteiger partial charge is 0.245 e. The number of carbonyl (C=O) groups excluding carboxylic acids is 2. The fourth-order valence-corrected chi connectivity index (χ4v) is 2.94. The minimum absolute atomic E-state index is 0.0314. The van der Waals surface area contributed by atoms with Gasteiger partial charge in [-0.1, -0.05) is 43.7 Å². The molecule has 126 valence electrons. The molecule has 1 aliphatic heterocycles. The average Bonchev–Trinajstić information content (AvgIpc) is 2.78. The molecule has 0 spiro atoms. The van der Waals surface area contributed by atoms with E-state index in [-0.39, 0.29) is 11.8 Å². The lowest BCUT2D eigenvalue weighted by atomic mass is 9.96.